The van der Waals surface area contributed by atoms with Crippen LogP contribution in [0.25, 0.3) is 0 Å². The third-order valence-corrected chi connectivity index (χ3v) is 4.26. The van der Waals surface area contributed by atoms with Gasteiger partial charge in [-0.15, -0.1) is 0 Å². The van der Waals surface area contributed by atoms with Crippen LogP contribution < -0.4 is 0 Å². The number of aromatic nitrogens is 4. The van der Waals surface area contributed by atoms with Gasteiger partial charge in [-0.25, -0.2) is 9.67 Å². The summed E-state index contributed by atoms with van der Waals surface area (Å²) in [5.74, 6) is 0.232. The van der Waals surface area contributed by atoms with Crippen LogP contribution in [0.2, 0.25) is 0 Å². The third-order valence-electron chi connectivity index (χ3n) is 4.26. The van der Waals surface area contributed by atoms with Gasteiger partial charge in [-0.05, 0) is 30.9 Å². The van der Waals surface area contributed by atoms with E-state index in [1.807, 2.05) is 18.2 Å². The molecule has 2 aromatic rings. The van der Waals surface area contributed by atoms with Gasteiger partial charge in [-0.1, -0.05) is 25.3 Å². The summed E-state index contributed by atoms with van der Waals surface area (Å²) in [6.45, 7) is 0.411. The van der Waals surface area contributed by atoms with Gasteiger partial charge >= 0.3 is 0 Å². The second kappa shape index (κ2) is 5.71. The fraction of sp³-hybridized carbons (Fsp3) is 0.533. The lowest BCUT2D eigenvalue weighted by Gasteiger charge is -2.37. The quantitative estimate of drug-likeness (QED) is 0.926. The molecule has 1 saturated carbocycles. The zero-order chi connectivity index (χ0) is 13.8. The normalized spacial score (nSPS) is 19.6. The molecule has 2 heterocycles. The summed E-state index contributed by atoms with van der Waals surface area (Å²) in [6, 6.07) is 5.71. The summed E-state index contributed by atoms with van der Waals surface area (Å²) in [7, 11) is 0. The van der Waals surface area contributed by atoms with Crippen molar-refractivity contribution in [3.8, 4) is 0 Å². The van der Waals surface area contributed by atoms with Gasteiger partial charge < -0.3 is 5.11 Å². The molecule has 0 bridgehead atoms. The highest BCUT2D eigenvalue weighted by molar-refractivity contribution is 5.14. The maximum absolute atomic E-state index is 11.3. The molecule has 20 heavy (non-hydrogen) atoms. The van der Waals surface area contributed by atoms with Crippen LogP contribution in [-0.2, 0) is 12.1 Å². The number of nitrogens with zero attached hydrogens (tertiary/aromatic N) is 4. The lowest BCUT2D eigenvalue weighted by Crippen LogP contribution is -2.41. The Morgan fingerprint density at radius 3 is 2.75 bits per heavy atom. The first kappa shape index (κ1) is 13.2. The van der Waals surface area contributed by atoms with Gasteiger partial charge in [0, 0.05) is 6.20 Å². The highest BCUT2D eigenvalue weighted by atomic mass is 16.3. The van der Waals surface area contributed by atoms with Crippen LogP contribution in [0.5, 0.6) is 0 Å². The van der Waals surface area contributed by atoms with Crippen LogP contribution in [-0.4, -0.2) is 24.9 Å². The summed E-state index contributed by atoms with van der Waals surface area (Å²) in [6.07, 6.45) is 10.6. The largest absolute Gasteiger partial charge is 0.381 e. The van der Waals surface area contributed by atoms with E-state index in [2.05, 4.69) is 15.1 Å². The average Bonchev–Trinajstić information content (AvgIpc) is 3.02. The molecule has 1 aliphatic rings. The molecular weight excluding hydrogens is 252 g/mol. The van der Waals surface area contributed by atoms with E-state index >= 15 is 0 Å². The molecule has 2 aromatic heterocycles. The Bertz CT molecular complexity index is 522. The minimum atomic E-state index is -0.963. The van der Waals surface area contributed by atoms with Crippen molar-refractivity contribution in [2.24, 2.45) is 5.92 Å². The Morgan fingerprint density at radius 1 is 1.25 bits per heavy atom. The Kier molecular flexibility index (Phi) is 3.78. The second-order valence-corrected chi connectivity index (χ2v) is 5.57. The topological polar surface area (TPSA) is 63.8 Å². The molecule has 0 amide bonds. The highest BCUT2D eigenvalue weighted by Crippen LogP contribution is 2.39. The van der Waals surface area contributed by atoms with Gasteiger partial charge in [0.25, 0.3) is 0 Å². The minimum Gasteiger partial charge on any atom is -0.381 e. The zero-order valence-electron chi connectivity index (χ0n) is 11.5. The van der Waals surface area contributed by atoms with Crippen molar-refractivity contribution >= 4 is 0 Å². The van der Waals surface area contributed by atoms with Crippen molar-refractivity contribution in [1.29, 1.82) is 0 Å². The maximum Gasteiger partial charge on any atom is 0.137 e. The average molecular weight is 272 g/mol. The number of pyridine rings is 1. The molecule has 0 aromatic carbocycles. The number of hydrogen-bond acceptors (Lipinski definition) is 4. The molecule has 1 unspecified atom stereocenters. The van der Waals surface area contributed by atoms with Crippen molar-refractivity contribution < 1.29 is 5.11 Å². The predicted octanol–water partition coefficient (Wildman–Crippen LogP) is 2.14. The van der Waals surface area contributed by atoms with Gasteiger partial charge in [-0.3, -0.25) is 4.98 Å². The monoisotopic (exact) mass is 272 g/mol. The van der Waals surface area contributed by atoms with E-state index in [0.717, 1.165) is 18.5 Å². The van der Waals surface area contributed by atoms with Crippen LogP contribution in [0.15, 0.2) is 37.1 Å². The zero-order valence-corrected chi connectivity index (χ0v) is 11.5. The van der Waals surface area contributed by atoms with E-state index in [1.54, 1.807) is 17.2 Å². The van der Waals surface area contributed by atoms with E-state index in [4.69, 9.17) is 0 Å². The van der Waals surface area contributed by atoms with Crippen LogP contribution in [0.3, 0.4) is 0 Å². The predicted molar refractivity (Wildman–Crippen MR) is 74.7 cm³/mol. The van der Waals surface area contributed by atoms with Crippen molar-refractivity contribution in [1.82, 2.24) is 19.7 Å². The first-order valence-electron chi connectivity index (χ1n) is 7.25. The fourth-order valence-electron chi connectivity index (χ4n) is 3.18. The SMILES string of the molecule is OC(Cn1cncn1)(c1ccccn1)C1CCCCC1. The van der Waals surface area contributed by atoms with Crippen molar-refractivity contribution in [3.63, 3.8) is 0 Å². The third kappa shape index (κ3) is 2.58. The molecule has 5 nitrogen and oxygen atoms in total. The summed E-state index contributed by atoms with van der Waals surface area (Å²) in [5, 5.41) is 15.5. The molecule has 0 saturated heterocycles. The molecule has 0 spiro atoms. The Morgan fingerprint density at radius 2 is 2.10 bits per heavy atom. The molecule has 106 valence electrons. The standard InChI is InChI=1S/C15H20N4O/c20-15(10-19-12-16-11-18-19,13-6-2-1-3-7-13)14-8-4-5-9-17-14/h4-5,8-9,11-13,20H,1-3,6-7,10H2. The molecule has 1 N–H and O–H groups in total. The lowest BCUT2D eigenvalue weighted by atomic mass is 9.75. The molecular formula is C15H20N4O. The first-order chi connectivity index (χ1) is 9.79. The Labute approximate surface area is 118 Å². The Balaban J connectivity index is 1.93. The summed E-state index contributed by atoms with van der Waals surface area (Å²) in [5.41, 5.74) is -0.225. The maximum atomic E-state index is 11.3. The highest BCUT2D eigenvalue weighted by Gasteiger charge is 2.40. The smallest absolute Gasteiger partial charge is 0.137 e. The van der Waals surface area contributed by atoms with Crippen LogP contribution in [0, 0.1) is 5.92 Å². The number of rotatable bonds is 4. The van der Waals surface area contributed by atoms with Crippen molar-refractivity contribution in [2.45, 2.75) is 44.2 Å². The molecule has 0 radical (unpaired) electrons. The molecule has 5 heteroatoms. The van der Waals surface area contributed by atoms with Crippen molar-refractivity contribution in [3.05, 3.63) is 42.7 Å². The van der Waals surface area contributed by atoms with E-state index in [1.165, 1.54) is 25.6 Å². The summed E-state index contributed by atoms with van der Waals surface area (Å²) in [4.78, 5) is 8.36. The van der Waals surface area contributed by atoms with Crippen molar-refractivity contribution in [2.75, 3.05) is 0 Å². The summed E-state index contributed by atoms with van der Waals surface area (Å²) >= 11 is 0. The minimum absolute atomic E-state index is 0.232. The summed E-state index contributed by atoms with van der Waals surface area (Å²) < 4.78 is 1.70. The van der Waals surface area contributed by atoms with Crippen LogP contribution >= 0.6 is 0 Å². The molecule has 1 fully saturated rings. The second-order valence-electron chi connectivity index (χ2n) is 5.57. The Hall–Kier alpha value is -1.75. The van der Waals surface area contributed by atoms with Gasteiger partial charge in [0.15, 0.2) is 0 Å². The van der Waals surface area contributed by atoms with Gasteiger partial charge in [-0.2, -0.15) is 5.10 Å². The molecule has 3 rings (SSSR count). The lowest BCUT2D eigenvalue weighted by molar-refractivity contribution is -0.0592. The van der Waals surface area contributed by atoms with Crippen LogP contribution in [0.1, 0.15) is 37.8 Å². The van der Waals surface area contributed by atoms with Gasteiger partial charge in [0.2, 0.25) is 0 Å². The number of hydrogen-bond donors (Lipinski definition) is 1. The molecule has 1 aliphatic carbocycles. The number of aliphatic hydroxyl groups is 1. The molecule has 0 aliphatic heterocycles. The molecule has 1 atom stereocenters. The van der Waals surface area contributed by atoms with Gasteiger partial charge in [0.05, 0.1) is 12.2 Å². The van der Waals surface area contributed by atoms with E-state index in [-0.39, 0.29) is 5.92 Å². The fourth-order valence-corrected chi connectivity index (χ4v) is 3.18. The van der Waals surface area contributed by atoms with Gasteiger partial charge in [0.1, 0.15) is 18.3 Å². The van der Waals surface area contributed by atoms with Crippen LogP contribution in [0.4, 0.5) is 0 Å². The first-order valence-corrected chi connectivity index (χ1v) is 7.25. The van der Waals surface area contributed by atoms with E-state index < -0.39 is 5.60 Å². The van der Waals surface area contributed by atoms with E-state index in [0.29, 0.717) is 6.54 Å². The van der Waals surface area contributed by atoms with E-state index in [9.17, 15) is 5.11 Å².